The monoisotopic (exact) mass is 294 g/mol. The summed E-state index contributed by atoms with van der Waals surface area (Å²) < 4.78 is 0. The summed E-state index contributed by atoms with van der Waals surface area (Å²) in [5, 5.41) is 2.15. The van der Waals surface area contributed by atoms with Crippen molar-refractivity contribution in [1.82, 2.24) is 0 Å². The van der Waals surface area contributed by atoms with Gasteiger partial charge in [0.2, 0.25) is 0 Å². The van der Waals surface area contributed by atoms with Crippen molar-refractivity contribution in [2.45, 2.75) is 18.2 Å². The summed E-state index contributed by atoms with van der Waals surface area (Å²) in [4.78, 5) is 1.91. The first kappa shape index (κ1) is 11.9. The van der Waals surface area contributed by atoms with Gasteiger partial charge in [-0.15, -0.1) is 11.3 Å². The molecule has 1 heterocycles. The van der Waals surface area contributed by atoms with Crippen LogP contribution in [0.4, 0.5) is 0 Å². The van der Waals surface area contributed by atoms with Gasteiger partial charge in [0.05, 0.1) is 0 Å². The van der Waals surface area contributed by atoms with Crippen LogP contribution in [0.1, 0.15) is 22.2 Å². The van der Waals surface area contributed by atoms with Gasteiger partial charge in [-0.1, -0.05) is 59.3 Å². The number of rotatable bonds is 4. The van der Waals surface area contributed by atoms with Crippen LogP contribution in [0.3, 0.4) is 0 Å². The van der Waals surface area contributed by atoms with E-state index in [0.29, 0.717) is 10.7 Å². The van der Waals surface area contributed by atoms with E-state index in [1.165, 1.54) is 10.4 Å². The fourth-order valence-electron chi connectivity index (χ4n) is 1.81. The van der Waals surface area contributed by atoms with Crippen molar-refractivity contribution < 1.29 is 0 Å². The molecule has 2 aromatic rings. The SMILES string of the molecule is CC(Cc1cccs1)C(Br)c1ccccc1. The van der Waals surface area contributed by atoms with Crippen LogP contribution in [-0.4, -0.2) is 0 Å². The second kappa shape index (κ2) is 5.65. The topological polar surface area (TPSA) is 0 Å². The molecule has 0 aliphatic carbocycles. The van der Waals surface area contributed by atoms with Crippen molar-refractivity contribution in [2.24, 2.45) is 5.92 Å². The van der Waals surface area contributed by atoms with E-state index in [9.17, 15) is 0 Å². The predicted octanol–water partition coefficient (Wildman–Crippen LogP) is 5.06. The van der Waals surface area contributed by atoms with Crippen LogP contribution in [0, 0.1) is 5.92 Å². The van der Waals surface area contributed by atoms with Crippen molar-refractivity contribution in [3.8, 4) is 0 Å². The fraction of sp³-hybridized carbons (Fsp3) is 0.286. The molecular formula is C14H15BrS. The molecule has 2 heteroatoms. The lowest BCUT2D eigenvalue weighted by Gasteiger charge is -2.17. The van der Waals surface area contributed by atoms with E-state index < -0.39 is 0 Å². The van der Waals surface area contributed by atoms with Gasteiger partial charge in [0, 0.05) is 9.70 Å². The second-order valence-corrected chi connectivity index (χ2v) is 6.09. The molecule has 0 N–H and O–H groups in total. The van der Waals surface area contributed by atoms with E-state index >= 15 is 0 Å². The molecule has 0 radical (unpaired) electrons. The zero-order chi connectivity index (χ0) is 11.4. The van der Waals surface area contributed by atoms with Crippen molar-refractivity contribution in [1.29, 1.82) is 0 Å². The van der Waals surface area contributed by atoms with E-state index in [4.69, 9.17) is 0 Å². The van der Waals surface area contributed by atoms with E-state index in [0.717, 1.165) is 6.42 Å². The van der Waals surface area contributed by atoms with Gasteiger partial charge in [-0.3, -0.25) is 0 Å². The molecule has 84 valence electrons. The van der Waals surface area contributed by atoms with Crippen LogP contribution in [0.15, 0.2) is 47.8 Å². The Bertz CT molecular complexity index is 408. The van der Waals surface area contributed by atoms with Crippen LogP contribution >= 0.6 is 27.3 Å². The third-order valence-electron chi connectivity index (χ3n) is 2.72. The third kappa shape index (κ3) is 2.96. The molecule has 0 saturated carbocycles. The molecule has 0 nitrogen and oxygen atoms in total. The van der Waals surface area contributed by atoms with E-state index in [-0.39, 0.29) is 0 Å². The molecule has 16 heavy (non-hydrogen) atoms. The highest BCUT2D eigenvalue weighted by molar-refractivity contribution is 9.09. The number of hydrogen-bond donors (Lipinski definition) is 0. The second-order valence-electron chi connectivity index (χ2n) is 4.07. The van der Waals surface area contributed by atoms with Crippen molar-refractivity contribution in [2.75, 3.05) is 0 Å². The Kier molecular flexibility index (Phi) is 4.19. The molecule has 2 unspecified atom stereocenters. The number of hydrogen-bond acceptors (Lipinski definition) is 1. The van der Waals surface area contributed by atoms with Crippen LogP contribution < -0.4 is 0 Å². The minimum atomic E-state index is 0.441. The smallest absolute Gasteiger partial charge is 0.0424 e. The molecule has 2 atom stereocenters. The van der Waals surface area contributed by atoms with Gasteiger partial charge >= 0.3 is 0 Å². The number of thiophene rings is 1. The lowest BCUT2D eigenvalue weighted by molar-refractivity contribution is 0.577. The molecule has 0 spiro atoms. The van der Waals surface area contributed by atoms with Crippen LogP contribution in [0.2, 0.25) is 0 Å². The minimum Gasteiger partial charge on any atom is -0.149 e. The normalized spacial score (nSPS) is 14.6. The Hall–Kier alpha value is -0.600. The highest BCUT2D eigenvalue weighted by Crippen LogP contribution is 2.33. The molecule has 0 fully saturated rings. The molecule has 0 saturated heterocycles. The summed E-state index contributed by atoms with van der Waals surface area (Å²) in [7, 11) is 0. The predicted molar refractivity (Wildman–Crippen MR) is 75.3 cm³/mol. The van der Waals surface area contributed by atoms with Gasteiger partial charge in [0.25, 0.3) is 0 Å². The maximum absolute atomic E-state index is 3.80. The van der Waals surface area contributed by atoms with E-state index in [1.807, 2.05) is 11.3 Å². The maximum atomic E-state index is 3.80. The van der Waals surface area contributed by atoms with Gasteiger partial charge < -0.3 is 0 Å². The molecule has 0 amide bonds. The quantitative estimate of drug-likeness (QED) is 0.691. The van der Waals surface area contributed by atoms with Crippen molar-refractivity contribution in [3.05, 3.63) is 58.3 Å². The fourth-order valence-corrected chi connectivity index (χ4v) is 3.16. The van der Waals surface area contributed by atoms with Gasteiger partial charge in [-0.05, 0) is 29.3 Å². The van der Waals surface area contributed by atoms with Gasteiger partial charge in [0.15, 0.2) is 0 Å². The number of benzene rings is 1. The summed E-state index contributed by atoms with van der Waals surface area (Å²) >= 11 is 5.64. The lowest BCUT2D eigenvalue weighted by atomic mass is 9.97. The average Bonchev–Trinajstić information content (AvgIpc) is 2.82. The van der Waals surface area contributed by atoms with E-state index in [1.54, 1.807) is 0 Å². The van der Waals surface area contributed by atoms with Crippen LogP contribution in [0.5, 0.6) is 0 Å². The summed E-state index contributed by atoms with van der Waals surface area (Å²) in [6.45, 7) is 2.30. The first-order valence-electron chi connectivity index (χ1n) is 5.49. The number of alkyl halides is 1. The highest BCUT2D eigenvalue weighted by Gasteiger charge is 2.16. The van der Waals surface area contributed by atoms with Gasteiger partial charge in [-0.2, -0.15) is 0 Å². The zero-order valence-corrected chi connectivity index (χ0v) is 11.7. The van der Waals surface area contributed by atoms with Crippen molar-refractivity contribution >= 4 is 27.3 Å². The van der Waals surface area contributed by atoms with E-state index in [2.05, 4.69) is 70.7 Å². The minimum absolute atomic E-state index is 0.441. The standard InChI is InChI=1S/C14H15BrS/c1-11(10-13-8-5-9-16-13)14(15)12-6-3-2-4-7-12/h2-9,11,14H,10H2,1H3. The molecule has 0 bridgehead atoms. The first-order valence-corrected chi connectivity index (χ1v) is 7.28. The Morgan fingerprint density at radius 2 is 1.88 bits per heavy atom. The molecular weight excluding hydrogens is 280 g/mol. The first-order chi connectivity index (χ1) is 7.77. The van der Waals surface area contributed by atoms with Gasteiger partial charge in [-0.25, -0.2) is 0 Å². The summed E-state index contributed by atoms with van der Waals surface area (Å²) in [5.41, 5.74) is 1.37. The molecule has 0 aliphatic heterocycles. The van der Waals surface area contributed by atoms with Crippen LogP contribution in [-0.2, 0) is 6.42 Å². The Morgan fingerprint density at radius 3 is 2.50 bits per heavy atom. The third-order valence-corrected chi connectivity index (χ3v) is 5.05. The highest BCUT2D eigenvalue weighted by atomic mass is 79.9. The molecule has 1 aromatic carbocycles. The summed E-state index contributed by atoms with van der Waals surface area (Å²) in [5.74, 6) is 0.612. The average molecular weight is 295 g/mol. The van der Waals surface area contributed by atoms with Crippen molar-refractivity contribution in [3.63, 3.8) is 0 Å². The maximum Gasteiger partial charge on any atom is 0.0424 e. The molecule has 2 rings (SSSR count). The Balaban J connectivity index is 2.02. The summed E-state index contributed by atoms with van der Waals surface area (Å²) in [6, 6.07) is 15.0. The summed E-state index contributed by atoms with van der Waals surface area (Å²) in [6.07, 6.45) is 1.14. The largest absolute Gasteiger partial charge is 0.149 e. The Morgan fingerprint density at radius 1 is 1.12 bits per heavy atom. The molecule has 1 aromatic heterocycles. The number of halogens is 1. The molecule has 0 aliphatic rings. The van der Waals surface area contributed by atoms with Gasteiger partial charge in [0.1, 0.15) is 0 Å². The van der Waals surface area contributed by atoms with Crippen LogP contribution in [0.25, 0.3) is 0 Å². The zero-order valence-electron chi connectivity index (χ0n) is 9.27. The Labute approximate surface area is 109 Å². The lowest BCUT2D eigenvalue weighted by Crippen LogP contribution is -2.06.